The van der Waals surface area contributed by atoms with Gasteiger partial charge in [0.1, 0.15) is 11.0 Å². The highest BCUT2D eigenvalue weighted by Crippen LogP contribution is 2.25. The molecule has 1 heterocycles. The molecule has 0 radical (unpaired) electrons. The SMILES string of the molecule is O=C(Nc1nc(Cl)ccc1[N+](=O)[O-])c1cc(F)ccc1Br. The Labute approximate surface area is 131 Å². The lowest BCUT2D eigenvalue weighted by molar-refractivity contribution is -0.384. The van der Waals surface area contributed by atoms with Gasteiger partial charge in [-0.3, -0.25) is 14.9 Å². The molecule has 21 heavy (non-hydrogen) atoms. The summed E-state index contributed by atoms with van der Waals surface area (Å²) in [7, 11) is 0. The van der Waals surface area contributed by atoms with E-state index < -0.39 is 22.3 Å². The molecule has 0 atom stereocenters. The Kier molecular flexibility index (Phi) is 4.49. The van der Waals surface area contributed by atoms with Crippen molar-refractivity contribution in [3.63, 3.8) is 0 Å². The van der Waals surface area contributed by atoms with Crippen LogP contribution in [0.4, 0.5) is 15.9 Å². The zero-order valence-corrected chi connectivity index (χ0v) is 12.5. The number of amides is 1. The normalized spacial score (nSPS) is 10.2. The first kappa shape index (κ1) is 15.3. The molecule has 108 valence electrons. The van der Waals surface area contributed by atoms with Crippen LogP contribution in [0.1, 0.15) is 10.4 Å². The Morgan fingerprint density at radius 1 is 1.38 bits per heavy atom. The summed E-state index contributed by atoms with van der Waals surface area (Å²) in [6.07, 6.45) is 0. The van der Waals surface area contributed by atoms with Crippen LogP contribution in [-0.2, 0) is 0 Å². The largest absolute Gasteiger partial charge is 0.311 e. The highest BCUT2D eigenvalue weighted by atomic mass is 79.9. The predicted molar refractivity (Wildman–Crippen MR) is 78.0 cm³/mol. The standard InChI is InChI=1S/C12H6BrClFN3O3/c13-8-2-1-6(15)5-7(8)12(19)17-11-9(18(20)21)3-4-10(14)16-11/h1-5H,(H,16,17,19). The third kappa shape index (κ3) is 3.53. The minimum atomic E-state index is -0.751. The molecule has 1 amide bonds. The van der Waals surface area contributed by atoms with Crippen LogP contribution in [0.5, 0.6) is 0 Å². The fourth-order valence-electron chi connectivity index (χ4n) is 1.51. The van der Waals surface area contributed by atoms with Gasteiger partial charge >= 0.3 is 5.69 Å². The Hall–Kier alpha value is -2.06. The van der Waals surface area contributed by atoms with E-state index in [1.165, 1.54) is 18.2 Å². The van der Waals surface area contributed by atoms with Gasteiger partial charge in [0.15, 0.2) is 0 Å². The van der Waals surface area contributed by atoms with Gasteiger partial charge in [-0.2, -0.15) is 0 Å². The molecule has 1 N–H and O–H groups in total. The molecule has 0 aliphatic rings. The minimum absolute atomic E-state index is 0.0193. The summed E-state index contributed by atoms with van der Waals surface area (Å²) in [5.74, 6) is -1.68. The van der Waals surface area contributed by atoms with Crippen LogP contribution in [0.15, 0.2) is 34.8 Å². The van der Waals surface area contributed by atoms with Crippen LogP contribution in [-0.4, -0.2) is 15.8 Å². The van der Waals surface area contributed by atoms with Crippen LogP contribution in [0.3, 0.4) is 0 Å². The predicted octanol–water partition coefficient (Wildman–Crippen LogP) is 3.80. The van der Waals surface area contributed by atoms with Crippen molar-refractivity contribution in [1.82, 2.24) is 4.98 Å². The van der Waals surface area contributed by atoms with Crippen molar-refractivity contribution in [2.24, 2.45) is 0 Å². The Bertz CT molecular complexity index is 742. The Morgan fingerprint density at radius 3 is 2.76 bits per heavy atom. The number of rotatable bonds is 3. The van der Waals surface area contributed by atoms with Crippen molar-refractivity contribution in [3.05, 3.63) is 61.5 Å². The molecule has 0 aliphatic heterocycles. The molecule has 0 unspecified atom stereocenters. The van der Waals surface area contributed by atoms with Crippen molar-refractivity contribution in [1.29, 1.82) is 0 Å². The lowest BCUT2D eigenvalue weighted by Crippen LogP contribution is -2.15. The van der Waals surface area contributed by atoms with E-state index in [4.69, 9.17) is 11.6 Å². The first-order valence-electron chi connectivity index (χ1n) is 5.46. The van der Waals surface area contributed by atoms with Crippen molar-refractivity contribution in [3.8, 4) is 0 Å². The molecule has 2 aromatic rings. The molecule has 1 aromatic carbocycles. The van der Waals surface area contributed by atoms with Crippen molar-refractivity contribution in [2.45, 2.75) is 0 Å². The van der Waals surface area contributed by atoms with E-state index in [2.05, 4.69) is 26.2 Å². The number of nitrogens with zero attached hydrogens (tertiary/aromatic N) is 2. The number of benzene rings is 1. The van der Waals surface area contributed by atoms with Gasteiger partial charge in [-0.15, -0.1) is 0 Å². The fourth-order valence-corrected chi connectivity index (χ4v) is 2.09. The minimum Gasteiger partial charge on any atom is -0.301 e. The van der Waals surface area contributed by atoms with Gasteiger partial charge in [0.05, 0.1) is 10.5 Å². The van der Waals surface area contributed by atoms with E-state index in [0.717, 1.165) is 12.1 Å². The summed E-state index contributed by atoms with van der Waals surface area (Å²) >= 11 is 8.75. The number of halogens is 3. The average molecular weight is 375 g/mol. The van der Waals surface area contributed by atoms with E-state index in [0.29, 0.717) is 4.47 Å². The zero-order chi connectivity index (χ0) is 15.6. The molecular formula is C12H6BrClFN3O3. The lowest BCUT2D eigenvalue weighted by Gasteiger charge is -2.07. The number of carbonyl (C=O) groups excluding carboxylic acids is 1. The molecular weight excluding hydrogens is 369 g/mol. The third-order valence-electron chi connectivity index (χ3n) is 2.44. The Morgan fingerprint density at radius 2 is 2.10 bits per heavy atom. The second-order valence-electron chi connectivity index (χ2n) is 3.84. The number of hydrogen-bond acceptors (Lipinski definition) is 4. The van der Waals surface area contributed by atoms with Gasteiger partial charge in [0.25, 0.3) is 5.91 Å². The van der Waals surface area contributed by atoms with Gasteiger partial charge < -0.3 is 5.32 Å². The molecule has 0 aliphatic carbocycles. The molecule has 0 spiro atoms. The maximum atomic E-state index is 13.2. The molecule has 0 bridgehead atoms. The number of carbonyl (C=O) groups is 1. The number of nitrogens with one attached hydrogen (secondary N) is 1. The summed E-state index contributed by atoms with van der Waals surface area (Å²) in [6, 6.07) is 5.86. The van der Waals surface area contributed by atoms with E-state index in [9.17, 15) is 19.3 Å². The fraction of sp³-hybridized carbons (Fsp3) is 0. The van der Waals surface area contributed by atoms with Gasteiger partial charge in [-0.1, -0.05) is 11.6 Å². The van der Waals surface area contributed by atoms with Crippen LogP contribution in [0, 0.1) is 15.9 Å². The van der Waals surface area contributed by atoms with E-state index in [1.807, 2.05) is 0 Å². The first-order valence-corrected chi connectivity index (χ1v) is 6.63. The van der Waals surface area contributed by atoms with Gasteiger partial charge in [0.2, 0.25) is 5.82 Å². The van der Waals surface area contributed by atoms with Crippen molar-refractivity contribution >= 4 is 44.9 Å². The monoisotopic (exact) mass is 373 g/mol. The highest BCUT2D eigenvalue weighted by Gasteiger charge is 2.20. The van der Waals surface area contributed by atoms with E-state index >= 15 is 0 Å². The third-order valence-corrected chi connectivity index (χ3v) is 3.34. The van der Waals surface area contributed by atoms with Crippen LogP contribution < -0.4 is 5.32 Å². The molecule has 0 saturated carbocycles. The van der Waals surface area contributed by atoms with Gasteiger partial charge in [-0.25, -0.2) is 9.37 Å². The molecule has 0 fully saturated rings. The van der Waals surface area contributed by atoms with Crippen molar-refractivity contribution in [2.75, 3.05) is 5.32 Å². The lowest BCUT2D eigenvalue weighted by atomic mass is 10.2. The quantitative estimate of drug-likeness (QED) is 0.503. The topological polar surface area (TPSA) is 85.1 Å². The van der Waals surface area contributed by atoms with Crippen LogP contribution in [0.25, 0.3) is 0 Å². The van der Waals surface area contributed by atoms with E-state index in [1.54, 1.807) is 0 Å². The maximum absolute atomic E-state index is 13.2. The molecule has 2 rings (SSSR count). The summed E-state index contributed by atoms with van der Waals surface area (Å²) in [5.41, 5.74) is -0.439. The number of aromatic nitrogens is 1. The zero-order valence-electron chi connectivity index (χ0n) is 10.1. The highest BCUT2D eigenvalue weighted by molar-refractivity contribution is 9.10. The summed E-state index contributed by atoms with van der Waals surface area (Å²) < 4.78 is 13.5. The summed E-state index contributed by atoms with van der Waals surface area (Å²) in [5, 5.41) is 13.1. The summed E-state index contributed by atoms with van der Waals surface area (Å²) in [6.45, 7) is 0. The molecule has 0 saturated heterocycles. The molecule has 1 aromatic heterocycles. The van der Waals surface area contributed by atoms with E-state index in [-0.39, 0.29) is 16.5 Å². The average Bonchev–Trinajstić information content (AvgIpc) is 2.41. The van der Waals surface area contributed by atoms with Gasteiger partial charge in [0, 0.05) is 10.5 Å². The number of pyridine rings is 1. The molecule has 9 heteroatoms. The number of nitro groups is 1. The van der Waals surface area contributed by atoms with Crippen LogP contribution in [0.2, 0.25) is 5.15 Å². The summed E-state index contributed by atoms with van der Waals surface area (Å²) in [4.78, 5) is 25.9. The Balaban J connectivity index is 2.38. The molecule has 6 nitrogen and oxygen atoms in total. The van der Waals surface area contributed by atoms with Gasteiger partial charge in [-0.05, 0) is 40.2 Å². The second-order valence-corrected chi connectivity index (χ2v) is 5.08. The van der Waals surface area contributed by atoms with Crippen LogP contribution >= 0.6 is 27.5 Å². The number of hydrogen-bond donors (Lipinski definition) is 1. The number of anilines is 1. The first-order chi connectivity index (χ1) is 9.88. The van der Waals surface area contributed by atoms with Crippen molar-refractivity contribution < 1.29 is 14.1 Å². The maximum Gasteiger partial charge on any atom is 0.311 e. The second kappa shape index (κ2) is 6.15. The smallest absolute Gasteiger partial charge is 0.301 e.